The minimum absolute atomic E-state index is 0.0591. The highest BCUT2D eigenvalue weighted by Crippen LogP contribution is 2.24. The Balaban J connectivity index is 2.66. The van der Waals surface area contributed by atoms with E-state index in [1.54, 1.807) is 19.0 Å². The second-order valence-electron chi connectivity index (χ2n) is 4.22. The molecule has 0 fully saturated rings. The van der Waals surface area contributed by atoms with Gasteiger partial charge in [0.15, 0.2) is 0 Å². The molecule has 1 heterocycles. The second-order valence-corrected chi connectivity index (χ2v) is 5.21. The van der Waals surface area contributed by atoms with Crippen molar-refractivity contribution in [3.63, 3.8) is 0 Å². The van der Waals surface area contributed by atoms with Gasteiger partial charge in [-0.25, -0.2) is 0 Å². The molecule has 1 aromatic rings. The van der Waals surface area contributed by atoms with E-state index in [1.807, 2.05) is 11.9 Å². The maximum Gasteiger partial charge on any atom is 0.241 e. The van der Waals surface area contributed by atoms with Crippen LogP contribution >= 0.6 is 11.3 Å². The Bertz CT molecular complexity index is 361. The van der Waals surface area contributed by atoms with Crippen LogP contribution in [0, 0.1) is 0 Å². The van der Waals surface area contributed by atoms with E-state index in [1.165, 1.54) is 11.3 Å². The molecule has 5 nitrogen and oxygen atoms in total. The highest BCUT2D eigenvalue weighted by Gasteiger charge is 2.14. The summed E-state index contributed by atoms with van der Waals surface area (Å²) in [6.07, 6.45) is 0. The zero-order valence-corrected chi connectivity index (χ0v) is 11.2. The summed E-state index contributed by atoms with van der Waals surface area (Å²) in [4.78, 5) is 14.9. The van der Waals surface area contributed by atoms with Crippen LogP contribution in [-0.4, -0.2) is 48.7 Å². The largest absolute Gasteiger partial charge is 0.347 e. The monoisotopic (exact) mass is 242 g/mol. The van der Waals surface area contributed by atoms with Crippen molar-refractivity contribution in [3.05, 3.63) is 5.01 Å². The van der Waals surface area contributed by atoms with Crippen molar-refractivity contribution in [3.8, 4) is 0 Å². The van der Waals surface area contributed by atoms with Gasteiger partial charge in [0, 0.05) is 27.1 Å². The molecule has 0 saturated heterocycles. The van der Waals surface area contributed by atoms with Gasteiger partial charge in [0.1, 0.15) is 5.01 Å². The zero-order chi connectivity index (χ0) is 12.3. The SMILES string of the molecule is CC(C)c1nnc(N(C)CC(=O)N(C)C)s1. The fourth-order valence-electron chi connectivity index (χ4n) is 1.03. The van der Waals surface area contributed by atoms with Gasteiger partial charge in [0.2, 0.25) is 11.0 Å². The first-order valence-corrected chi connectivity index (χ1v) is 5.98. The summed E-state index contributed by atoms with van der Waals surface area (Å²) >= 11 is 1.54. The van der Waals surface area contributed by atoms with Crippen molar-refractivity contribution in [1.29, 1.82) is 0 Å². The van der Waals surface area contributed by atoms with E-state index in [0.29, 0.717) is 12.5 Å². The molecular formula is C10H18N4OS. The average molecular weight is 242 g/mol. The van der Waals surface area contributed by atoms with Gasteiger partial charge in [-0.1, -0.05) is 25.2 Å². The highest BCUT2D eigenvalue weighted by atomic mass is 32.1. The van der Waals surface area contributed by atoms with Gasteiger partial charge in [-0.15, -0.1) is 10.2 Å². The Hall–Kier alpha value is -1.17. The maximum atomic E-state index is 11.5. The van der Waals surface area contributed by atoms with Crippen molar-refractivity contribution in [2.45, 2.75) is 19.8 Å². The van der Waals surface area contributed by atoms with Crippen molar-refractivity contribution >= 4 is 22.4 Å². The standard InChI is InChI=1S/C10H18N4OS/c1-7(2)9-11-12-10(16-9)14(5)6-8(15)13(3)4/h7H,6H2,1-5H3. The number of hydrogen-bond donors (Lipinski definition) is 0. The molecule has 6 heteroatoms. The Morgan fingerprint density at radius 3 is 2.38 bits per heavy atom. The lowest BCUT2D eigenvalue weighted by molar-refractivity contribution is -0.127. The van der Waals surface area contributed by atoms with Crippen LogP contribution in [0.4, 0.5) is 5.13 Å². The number of rotatable bonds is 4. The highest BCUT2D eigenvalue weighted by molar-refractivity contribution is 7.15. The van der Waals surface area contributed by atoms with Crippen molar-refractivity contribution in [1.82, 2.24) is 15.1 Å². The molecule has 0 aromatic carbocycles. The van der Waals surface area contributed by atoms with Crippen LogP contribution in [0.2, 0.25) is 0 Å². The van der Waals surface area contributed by atoms with Gasteiger partial charge < -0.3 is 9.80 Å². The fraction of sp³-hybridized carbons (Fsp3) is 0.700. The third kappa shape index (κ3) is 3.16. The summed E-state index contributed by atoms with van der Waals surface area (Å²) in [5.41, 5.74) is 0. The first-order chi connectivity index (χ1) is 7.41. The van der Waals surface area contributed by atoms with Crippen molar-refractivity contribution < 1.29 is 4.79 Å². The minimum atomic E-state index is 0.0591. The molecule has 0 unspecified atom stereocenters. The maximum absolute atomic E-state index is 11.5. The molecule has 0 saturated carbocycles. The zero-order valence-electron chi connectivity index (χ0n) is 10.4. The first-order valence-electron chi connectivity index (χ1n) is 5.16. The third-order valence-electron chi connectivity index (χ3n) is 2.12. The van der Waals surface area contributed by atoms with Crippen molar-refractivity contribution in [2.75, 3.05) is 32.6 Å². The molecular weight excluding hydrogens is 224 g/mol. The van der Waals surface area contributed by atoms with Crippen molar-refractivity contribution in [2.24, 2.45) is 0 Å². The Labute approximate surface area is 100 Å². The van der Waals surface area contributed by atoms with Crippen LogP contribution in [0.25, 0.3) is 0 Å². The predicted octanol–water partition coefficient (Wildman–Crippen LogP) is 1.19. The van der Waals surface area contributed by atoms with E-state index < -0.39 is 0 Å². The quantitative estimate of drug-likeness (QED) is 0.795. The van der Waals surface area contributed by atoms with Gasteiger partial charge in [0.25, 0.3) is 0 Å². The number of amides is 1. The third-order valence-corrected chi connectivity index (χ3v) is 3.46. The summed E-state index contributed by atoms with van der Waals surface area (Å²) in [7, 11) is 5.34. The fourth-order valence-corrected chi connectivity index (χ4v) is 1.83. The molecule has 0 radical (unpaired) electrons. The lowest BCUT2D eigenvalue weighted by Gasteiger charge is -2.17. The number of carbonyl (C=O) groups is 1. The number of hydrogen-bond acceptors (Lipinski definition) is 5. The Morgan fingerprint density at radius 1 is 1.31 bits per heavy atom. The topological polar surface area (TPSA) is 49.3 Å². The van der Waals surface area contributed by atoms with Gasteiger partial charge in [-0.05, 0) is 0 Å². The van der Waals surface area contributed by atoms with Crippen LogP contribution < -0.4 is 4.90 Å². The lowest BCUT2D eigenvalue weighted by atomic mass is 10.2. The van der Waals surface area contributed by atoms with Gasteiger partial charge >= 0.3 is 0 Å². The van der Waals surface area contributed by atoms with E-state index in [-0.39, 0.29) is 5.91 Å². The smallest absolute Gasteiger partial charge is 0.241 e. The number of carbonyl (C=O) groups excluding carboxylic acids is 1. The Kier molecular flexibility index (Phi) is 4.23. The molecule has 0 atom stereocenters. The minimum Gasteiger partial charge on any atom is -0.347 e. The molecule has 0 bridgehead atoms. The summed E-state index contributed by atoms with van der Waals surface area (Å²) < 4.78 is 0. The van der Waals surface area contributed by atoms with E-state index in [4.69, 9.17) is 0 Å². The summed E-state index contributed by atoms with van der Waals surface area (Å²) in [6.45, 7) is 4.49. The van der Waals surface area contributed by atoms with E-state index in [0.717, 1.165) is 10.1 Å². The summed E-state index contributed by atoms with van der Waals surface area (Å²) in [5, 5.41) is 9.95. The van der Waals surface area contributed by atoms with Crippen LogP contribution in [0.5, 0.6) is 0 Å². The number of aromatic nitrogens is 2. The predicted molar refractivity (Wildman–Crippen MR) is 66.0 cm³/mol. The Morgan fingerprint density at radius 2 is 1.94 bits per heavy atom. The van der Waals surface area contributed by atoms with Crippen LogP contribution in [0.1, 0.15) is 24.8 Å². The van der Waals surface area contributed by atoms with E-state index in [2.05, 4.69) is 24.0 Å². The van der Waals surface area contributed by atoms with Gasteiger partial charge in [-0.2, -0.15) is 0 Å². The second kappa shape index (κ2) is 5.25. The van der Waals surface area contributed by atoms with Gasteiger partial charge in [-0.3, -0.25) is 4.79 Å². The molecule has 16 heavy (non-hydrogen) atoms. The normalized spacial score (nSPS) is 10.6. The molecule has 1 amide bonds. The van der Waals surface area contributed by atoms with E-state index >= 15 is 0 Å². The average Bonchev–Trinajstić information content (AvgIpc) is 2.65. The molecule has 1 rings (SSSR count). The lowest BCUT2D eigenvalue weighted by Crippen LogP contribution is -2.34. The van der Waals surface area contributed by atoms with Gasteiger partial charge in [0.05, 0.1) is 6.54 Å². The molecule has 0 aliphatic heterocycles. The number of likely N-dealkylation sites (N-methyl/N-ethyl adjacent to an activating group) is 2. The van der Waals surface area contributed by atoms with Crippen LogP contribution in [0.15, 0.2) is 0 Å². The molecule has 0 spiro atoms. The number of nitrogens with zero attached hydrogens (tertiary/aromatic N) is 4. The number of anilines is 1. The molecule has 90 valence electrons. The summed E-state index contributed by atoms with van der Waals surface area (Å²) in [6, 6.07) is 0. The molecule has 1 aromatic heterocycles. The molecule has 0 aliphatic rings. The first kappa shape index (κ1) is 12.9. The molecule has 0 aliphatic carbocycles. The summed E-state index contributed by atoms with van der Waals surface area (Å²) in [5.74, 6) is 0.438. The van der Waals surface area contributed by atoms with Crippen LogP contribution in [-0.2, 0) is 4.79 Å². The molecule has 0 N–H and O–H groups in total. The van der Waals surface area contributed by atoms with Crippen LogP contribution in [0.3, 0.4) is 0 Å². The van der Waals surface area contributed by atoms with E-state index in [9.17, 15) is 4.79 Å².